The van der Waals surface area contributed by atoms with Crippen molar-refractivity contribution in [2.24, 2.45) is 0 Å². The number of carbonyl (C=O) groups is 2. The molecule has 1 aliphatic heterocycles. The van der Waals surface area contributed by atoms with E-state index in [1.54, 1.807) is 47.5 Å². The Morgan fingerprint density at radius 3 is 2.31 bits per heavy atom. The molecule has 29 heavy (non-hydrogen) atoms. The summed E-state index contributed by atoms with van der Waals surface area (Å²) in [6.07, 6.45) is 3.20. The molecule has 3 heterocycles. The van der Waals surface area contributed by atoms with Gasteiger partial charge >= 0.3 is 0 Å². The van der Waals surface area contributed by atoms with Crippen LogP contribution >= 0.6 is 0 Å². The number of aromatic nitrogens is 3. The zero-order valence-corrected chi connectivity index (χ0v) is 16.0. The number of ether oxygens (including phenoxy) is 1. The standard InChI is InChI=1S/C21H21N5O3/c1-29-17-6-4-15(5-7-17)18-13-19(24-23-18)21(28)26-11-9-25(10-12-26)20(27)16-3-2-8-22-14-16/h2-8,13-14H,9-12H2,1H3,(H,23,24). The van der Waals surface area contributed by atoms with Gasteiger partial charge in [-0.05, 0) is 42.5 Å². The molecule has 1 saturated heterocycles. The van der Waals surface area contributed by atoms with Crippen LogP contribution in [-0.4, -0.2) is 70.1 Å². The van der Waals surface area contributed by atoms with Crippen molar-refractivity contribution in [1.29, 1.82) is 0 Å². The summed E-state index contributed by atoms with van der Waals surface area (Å²) in [7, 11) is 1.62. The van der Waals surface area contributed by atoms with Gasteiger partial charge in [0.25, 0.3) is 11.8 Å². The van der Waals surface area contributed by atoms with Crippen LogP contribution in [0.25, 0.3) is 11.3 Å². The molecule has 0 atom stereocenters. The summed E-state index contributed by atoms with van der Waals surface area (Å²) in [4.78, 5) is 32.8. The lowest BCUT2D eigenvalue weighted by Crippen LogP contribution is -2.50. The lowest BCUT2D eigenvalue weighted by molar-refractivity contribution is 0.0532. The minimum atomic E-state index is -0.120. The Morgan fingerprint density at radius 2 is 1.69 bits per heavy atom. The first kappa shape index (κ1) is 18.7. The Balaban J connectivity index is 1.38. The fourth-order valence-electron chi connectivity index (χ4n) is 3.30. The highest BCUT2D eigenvalue weighted by molar-refractivity contribution is 5.95. The van der Waals surface area contributed by atoms with Crippen LogP contribution in [0.5, 0.6) is 5.75 Å². The van der Waals surface area contributed by atoms with Crippen LogP contribution in [0, 0.1) is 0 Å². The predicted molar refractivity (Wildman–Crippen MR) is 107 cm³/mol. The summed E-state index contributed by atoms with van der Waals surface area (Å²) in [5.74, 6) is 0.582. The smallest absolute Gasteiger partial charge is 0.272 e. The van der Waals surface area contributed by atoms with Crippen molar-refractivity contribution in [3.8, 4) is 17.0 Å². The Kier molecular flexibility index (Phi) is 5.24. The molecule has 8 nitrogen and oxygen atoms in total. The summed E-state index contributed by atoms with van der Waals surface area (Å²) in [6, 6.07) is 12.7. The van der Waals surface area contributed by atoms with E-state index in [4.69, 9.17) is 4.74 Å². The zero-order valence-electron chi connectivity index (χ0n) is 16.0. The monoisotopic (exact) mass is 391 g/mol. The van der Waals surface area contributed by atoms with E-state index in [0.29, 0.717) is 43.1 Å². The summed E-state index contributed by atoms with van der Waals surface area (Å²) in [5, 5.41) is 7.08. The number of hydrogen-bond donors (Lipinski definition) is 1. The van der Waals surface area contributed by atoms with Gasteiger partial charge in [-0.1, -0.05) is 0 Å². The summed E-state index contributed by atoms with van der Waals surface area (Å²) >= 11 is 0. The molecule has 2 amide bonds. The van der Waals surface area contributed by atoms with E-state index >= 15 is 0 Å². The van der Waals surface area contributed by atoms with Crippen molar-refractivity contribution in [2.75, 3.05) is 33.3 Å². The van der Waals surface area contributed by atoms with Crippen LogP contribution in [0.1, 0.15) is 20.8 Å². The van der Waals surface area contributed by atoms with Crippen molar-refractivity contribution in [1.82, 2.24) is 25.0 Å². The van der Waals surface area contributed by atoms with Gasteiger partial charge in [0.1, 0.15) is 11.4 Å². The molecular formula is C21H21N5O3. The minimum Gasteiger partial charge on any atom is -0.497 e. The number of nitrogens with one attached hydrogen (secondary N) is 1. The second-order valence-corrected chi connectivity index (χ2v) is 6.72. The van der Waals surface area contributed by atoms with E-state index in [1.807, 2.05) is 24.3 Å². The molecular weight excluding hydrogens is 370 g/mol. The van der Waals surface area contributed by atoms with E-state index in [9.17, 15) is 9.59 Å². The van der Waals surface area contributed by atoms with Crippen molar-refractivity contribution in [3.63, 3.8) is 0 Å². The number of H-pyrrole nitrogens is 1. The molecule has 1 aliphatic rings. The van der Waals surface area contributed by atoms with E-state index in [0.717, 1.165) is 11.3 Å². The molecule has 4 rings (SSSR count). The molecule has 0 saturated carbocycles. The first-order valence-electron chi connectivity index (χ1n) is 9.34. The van der Waals surface area contributed by atoms with Crippen LogP contribution in [0.2, 0.25) is 0 Å². The molecule has 148 valence electrons. The maximum absolute atomic E-state index is 12.8. The van der Waals surface area contributed by atoms with Crippen molar-refractivity contribution < 1.29 is 14.3 Å². The average molecular weight is 391 g/mol. The molecule has 2 aromatic heterocycles. The van der Waals surface area contributed by atoms with Crippen LogP contribution in [0.3, 0.4) is 0 Å². The lowest BCUT2D eigenvalue weighted by atomic mass is 10.1. The number of carbonyl (C=O) groups excluding carboxylic acids is 2. The largest absolute Gasteiger partial charge is 0.497 e. The highest BCUT2D eigenvalue weighted by atomic mass is 16.5. The van der Waals surface area contributed by atoms with Crippen molar-refractivity contribution >= 4 is 11.8 Å². The van der Waals surface area contributed by atoms with Crippen LogP contribution in [-0.2, 0) is 0 Å². The summed E-state index contributed by atoms with van der Waals surface area (Å²) in [5.41, 5.74) is 2.59. The number of benzene rings is 1. The molecule has 0 spiro atoms. The maximum atomic E-state index is 12.8. The van der Waals surface area contributed by atoms with E-state index < -0.39 is 0 Å². The van der Waals surface area contributed by atoms with Gasteiger partial charge in [0.05, 0.1) is 18.4 Å². The highest BCUT2D eigenvalue weighted by Crippen LogP contribution is 2.22. The molecule has 1 fully saturated rings. The number of nitrogens with zero attached hydrogens (tertiary/aromatic N) is 4. The normalized spacial score (nSPS) is 14.0. The van der Waals surface area contributed by atoms with Gasteiger partial charge in [0, 0.05) is 44.1 Å². The fourth-order valence-corrected chi connectivity index (χ4v) is 3.30. The minimum absolute atomic E-state index is 0.0615. The molecule has 0 bridgehead atoms. The van der Waals surface area contributed by atoms with Gasteiger partial charge in [-0.3, -0.25) is 19.7 Å². The third-order valence-corrected chi connectivity index (χ3v) is 4.96. The van der Waals surface area contributed by atoms with E-state index in [1.165, 1.54) is 0 Å². The second kappa shape index (κ2) is 8.14. The van der Waals surface area contributed by atoms with Crippen LogP contribution in [0.15, 0.2) is 54.9 Å². The summed E-state index contributed by atoms with van der Waals surface area (Å²) in [6.45, 7) is 1.92. The topological polar surface area (TPSA) is 91.4 Å². The van der Waals surface area contributed by atoms with Crippen LogP contribution < -0.4 is 4.74 Å². The van der Waals surface area contributed by atoms with E-state index in [-0.39, 0.29) is 11.8 Å². The Bertz CT molecular complexity index is 993. The van der Waals surface area contributed by atoms with Crippen molar-refractivity contribution in [2.45, 2.75) is 0 Å². The highest BCUT2D eigenvalue weighted by Gasteiger charge is 2.26. The van der Waals surface area contributed by atoms with Gasteiger partial charge in [-0.2, -0.15) is 5.10 Å². The lowest BCUT2D eigenvalue weighted by Gasteiger charge is -2.34. The number of rotatable bonds is 4. The number of pyridine rings is 1. The molecule has 0 aliphatic carbocycles. The van der Waals surface area contributed by atoms with Crippen LogP contribution in [0.4, 0.5) is 0 Å². The second-order valence-electron chi connectivity index (χ2n) is 6.72. The van der Waals surface area contributed by atoms with Gasteiger partial charge in [0.15, 0.2) is 0 Å². The number of aromatic amines is 1. The fraction of sp³-hybridized carbons (Fsp3) is 0.238. The maximum Gasteiger partial charge on any atom is 0.272 e. The molecule has 0 unspecified atom stereocenters. The third kappa shape index (κ3) is 3.96. The molecule has 1 N–H and O–H groups in total. The Labute approximate surface area is 168 Å². The average Bonchev–Trinajstić information content (AvgIpc) is 3.29. The number of hydrogen-bond acceptors (Lipinski definition) is 5. The van der Waals surface area contributed by atoms with E-state index in [2.05, 4.69) is 15.2 Å². The van der Waals surface area contributed by atoms with Crippen molar-refractivity contribution in [3.05, 3.63) is 66.1 Å². The first-order valence-corrected chi connectivity index (χ1v) is 9.34. The Hall–Kier alpha value is -3.68. The predicted octanol–water partition coefficient (Wildman–Crippen LogP) is 2.08. The quantitative estimate of drug-likeness (QED) is 0.735. The molecule has 1 aromatic carbocycles. The van der Waals surface area contributed by atoms with Gasteiger partial charge in [-0.15, -0.1) is 0 Å². The van der Waals surface area contributed by atoms with Gasteiger partial charge < -0.3 is 14.5 Å². The molecule has 0 radical (unpaired) electrons. The molecule has 8 heteroatoms. The molecule has 3 aromatic rings. The van der Waals surface area contributed by atoms with Gasteiger partial charge in [-0.25, -0.2) is 0 Å². The zero-order chi connectivity index (χ0) is 20.2. The first-order chi connectivity index (χ1) is 14.2. The Morgan fingerprint density at radius 1 is 1.00 bits per heavy atom. The number of amides is 2. The number of piperazine rings is 1. The number of methoxy groups -OCH3 is 1. The summed E-state index contributed by atoms with van der Waals surface area (Å²) < 4.78 is 5.16. The van der Waals surface area contributed by atoms with Gasteiger partial charge in [0.2, 0.25) is 0 Å². The SMILES string of the molecule is COc1ccc(-c2cc(C(=O)N3CCN(C(=O)c4cccnc4)CC3)[nH]n2)cc1. The third-order valence-electron chi connectivity index (χ3n) is 4.96.